The standard InChI is InChI=1S/C25H30N6O2/c1-17-18(2)29-31(19(17)3)14-23(32)30-10-6-9-25(15-30,24(26)33)11-20-7-4-5-8-22(20)21-12-27-16-28-13-21/h4-5,7-8,12-13,16H,6,9-11,14-15H2,1-3H3,(H2,26,33)/t25-/m1/s1. The molecule has 1 aromatic carbocycles. The number of hydrogen-bond donors (Lipinski definition) is 1. The Morgan fingerprint density at radius 2 is 1.85 bits per heavy atom. The van der Waals surface area contributed by atoms with E-state index in [1.807, 2.05) is 45.0 Å². The fraction of sp³-hybridized carbons (Fsp3) is 0.400. The summed E-state index contributed by atoms with van der Waals surface area (Å²) in [5.74, 6) is -0.420. The van der Waals surface area contributed by atoms with E-state index in [4.69, 9.17) is 5.73 Å². The van der Waals surface area contributed by atoms with Gasteiger partial charge in [-0.2, -0.15) is 5.10 Å². The average molecular weight is 447 g/mol. The number of nitrogens with zero attached hydrogens (tertiary/aromatic N) is 5. The fourth-order valence-corrected chi connectivity index (χ4v) is 4.70. The number of aromatic nitrogens is 4. The Bertz CT molecular complexity index is 1170. The summed E-state index contributed by atoms with van der Waals surface area (Å²) in [6.07, 6.45) is 6.83. The zero-order valence-electron chi connectivity index (χ0n) is 19.4. The van der Waals surface area contributed by atoms with Crippen molar-refractivity contribution in [2.45, 2.75) is 46.6 Å². The molecule has 8 heteroatoms. The number of primary amides is 1. The molecule has 0 bridgehead atoms. The van der Waals surface area contributed by atoms with E-state index in [2.05, 4.69) is 15.1 Å². The molecule has 0 unspecified atom stereocenters. The predicted molar refractivity (Wildman–Crippen MR) is 125 cm³/mol. The minimum atomic E-state index is -0.829. The van der Waals surface area contributed by atoms with Crippen LogP contribution in [0.15, 0.2) is 43.0 Å². The molecule has 0 saturated carbocycles. The van der Waals surface area contributed by atoms with Crippen molar-refractivity contribution in [2.24, 2.45) is 11.1 Å². The number of benzene rings is 1. The number of nitrogens with two attached hydrogens (primary N) is 1. The van der Waals surface area contributed by atoms with Crippen LogP contribution in [-0.2, 0) is 22.6 Å². The number of carbonyl (C=O) groups excluding carboxylic acids is 2. The molecule has 1 saturated heterocycles. The maximum Gasteiger partial charge on any atom is 0.244 e. The van der Waals surface area contributed by atoms with Gasteiger partial charge < -0.3 is 10.6 Å². The van der Waals surface area contributed by atoms with E-state index in [9.17, 15) is 9.59 Å². The van der Waals surface area contributed by atoms with Crippen LogP contribution in [0.2, 0.25) is 0 Å². The Labute approximate surface area is 193 Å². The number of likely N-dealkylation sites (tertiary alicyclic amines) is 1. The molecule has 2 N–H and O–H groups in total. The fourth-order valence-electron chi connectivity index (χ4n) is 4.70. The third kappa shape index (κ3) is 4.51. The maximum absolute atomic E-state index is 13.2. The van der Waals surface area contributed by atoms with Gasteiger partial charge in [-0.25, -0.2) is 9.97 Å². The second-order valence-corrected chi connectivity index (χ2v) is 8.98. The first-order valence-electron chi connectivity index (χ1n) is 11.2. The first-order valence-corrected chi connectivity index (χ1v) is 11.2. The van der Waals surface area contributed by atoms with Crippen molar-refractivity contribution in [3.8, 4) is 11.1 Å². The molecule has 1 atom stereocenters. The van der Waals surface area contributed by atoms with E-state index in [1.165, 1.54) is 6.33 Å². The van der Waals surface area contributed by atoms with Crippen molar-refractivity contribution in [1.29, 1.82) is 0 Å². The molecular weight excluding hydrogens is 416 g/mol. The molecule has 2 aromatic heterocycles. The maximum atomic E-state index is 13.2. The van der Waals surface area contributed by atoms with Crippen molar-refractivity contribution in [3.63, 3.8) is 0 Å². The number of rotatable bonds is 6. The molecule has 1 aliphatic rings. The van der Waals surface area contributed by atoms with E-state index in [0.29, 0.717) is 25.9 Å². The summed E-state index contributed by atoms with van der Waals surface area (Å²) >= 11 is 0. The second kappa shape index (κ2) is 9.13. The van der Waals surface area contributed by atoms with Crippen molar-refractivity contribution < 1.29 is 9.59 Å². The van der Waals surface area contributed by atoms with Crippen LogP contribution in [-0.4, -0.2) is 49.6 Å². The smallest absolute Gasteiger partial charge is 0.244 e. The lowest BCUT2D eigenvalue weighted by Gasteiger charge is -2.41. The Morgan fingerprint density at radius 3 is 2.52 bits per heavy atom. The van der Waals surface area contributed by atoms with Crippen LogP contribution in [0.5, 0.6) is 0 Å². The SMILES string of the molecule is Cc1nn(CC(=O)N2CCC[C@](Cc3ccccc3-c3cncnc3)(C(N)=O)C2)c(C)c1C. The van der Waals surface area contributed by atoms with E-state index in [-0.39, 0.29) is 18.4 Å². The lowest BCUT2D eigenvalue weighted by Crippen LogP contribution is -2.53. The van der Waals surface area contributed by atoms with Crippen molar-refractivity contribution in [3.05, 3.63) is 65.5 Å². The first kappa shape index (κ1) is 22.6. The highest BCUT2D eigenvalue weighted by Crippen LogP contribution is 2.36. The van der Waals surface area contributed by atoms with E-state index >= 15 is 0 Å². The minimum absolute atomic E-state index is 0.0457. The van der Waals surface area contributed by atoms with Crippen LogP contribution in [0.25, 0.3) is 11.1 Å². The van der Waals surface area contributed by atoms with Crippen LogP contribution in [0.3, 0.4) is 0 Å². The Balaban J connectivity index is 1.59. The molecule has 3 aromatic rings. The molecule has 4 rings (SSSR count). The zero-order valence-corrected chi connectivity index (χ0v) is 19.4. The van der Waals surface area contributed by atoms with Crippen LogP contribution >= 0.6 is 0 Å². The van der Waals surface area contributed by atoms with E-state index in [1.54, 1.807) is 22.0 Å². The highest BCUT2D eigenvalue weighted by atomic mass is 16.2. The lowest BCUT2D eigenvalue weighted by molar-refractivity contribution is -0.140. The summed E-state index contributed by atoms with van der Waals surface area (Å²) in [7, 11) is 0. The third-order valence-corrected chi connectivity index (χ3v) is 6.90. The molecular formula is C25H30N6O2. The topological polar surface area (TPSA) is 107 Å². The summed E-state index contributed by atoms with van der Waals surface area (Å²) in [5, 5.41) is 4.49. The van der Waals surface area contributed by atoms with Crippen LogP contribution in [0.1, 0.15) is 35.4 Å². The Kier molecular flexibility index (Phi) is 6.26. The van der Waals surface area contributed by atoms with E-state index < -0.39 is 5.41 Å². The molecule has 2 amide bonds. The van der Waals surface area contributed by atoms with Crippen molar-refractivity contribution >= 4 is 11.8 Å². The van der Waals surface area contributed by atoms with Gasteiger partial charge in [0.1, 0.15) is 12.9 Å². The van der Waals surface area contributed by atoms with Crippen molar-refractivity contribution in [1.82, 2.24) is 24.6 Å². The summed E-state index contributed by atoms with van der Waals surface area (Å²) in [6.45, 7) is 6.99. The molecule has 33 heavy (non-hydrogen) atoms. The summed E-state index contributed by atoms with van der Waals surface area (Å²) in [6, 6.07) is 7.91. The van der Waals surface area contributed by atoms with Gasteiger partial charge in [0.2, 0.25) is 11.8 Å². The normalized spacial score (nSPS) is 18.3. The predicted octanol–water partition coefficient (Wildman–Crippen LogP) is 2.60. The van der Waals surface area contributed by atoms with Crippen LogP contribution in [0, 0.1) is 26.2 Å². The van der Waals surface area contributed by atoms with Gasteiger partial charge in [0.05, 0.1) is 11.1 Å². The van der Waals surface area contributed by atoms with Gasteiger partial charge in [-0.15, -0.1) is 0 Å². The zero-order chi connectivity index (χ0) is 23.6. The first-order chi connectivity index (χ1) is 15.8. The molecule has 0 spiro atoms. The largest absolute Gasteiger partial charge is 0.369 e. The number of carbonyl (C=O) groups is 2. The number of aryl methyl sites for hydroxylation is 1. The van der Waals surface area contributed by atoms with Crippen LogP contribution < -0.4 is 5.73 Å². The quantitative estimate of drug-likeness (QED) is 0.626. The monoisotopic (exact) mass is 446 g/mol. The molecule has 1 aliphatic heterocycles. The number of amides is 2. The van der Waals surface area contributed by atoms with Gasteiger partial charge in [0.15, 0.2) is 0 Å². The highest BCUT2D eigenvalue weighted by Gasteiger charge is 2.42. The van der Waals surface area contributed by atoms with Gasteiger partial charge in [-0.3, -0.25) is 14.3 Å². The second-order valence-electron chi connectivity index (χ2n) is 8.98. The summed E-state index contributed by atoms with van der Waals surface area (Å²) in [4.78, 5) is 36.0. The summed E-state index contributed by atoms with van der Waals surface area (Å²) in [5.41, 5.74) is 11.0. The Morgan fingerprint density at radius 1 is 1.12 bits per heavy atom. The number of piperidine rings is 1. The molecule has 172 valence electrons. The van der Waals surface area contributed by atoms with E-state index in [0.717, 1.165) is 40.1 Å². The average Bonchev–Trinajstić information content (AvgIpc) is 3.06. The van der Waals surface area contributed by atoms with Gasteiger partial charge >= 0.3 is 0 Å². The van der Waals surface area contributed by atoms with Gasteiger partial charge in [0.25, 0.3) is 0 Å². The molecule has 0 radical (unpaired) electrons. The van der Waals surface area contributed by atoms with Crippen molar-refractivity contribution in [2.75, 3.05) is 13.1 Å². The molecule has 3 heterocycles. The molecule has 1 fully saturated rings. The van der Waals surface area contributed by atoms with Crippen LogP contribution in [0.4, 0.5) is 0 Å². The highest BCUT2D eigenvalue weighted by molar-refractivity contribution is 5.84. The van der Waals surface area contributed by atoms with Gasteiger partial charge in [0, 0.05) is 36.7 Å². The third-order valence-electron chi connectivity index (χ3n) is 6.90. The van der Waals surface area contributed by atoms with Gasteiger partial charge in [-0.05, 0) is 56.7 Å². The van der Waals surface area contributed by atoms with Gasteiger partial charge in [-0.1, -0.05) is 24.3 Å². The lowest BCUT2D eigenvalue weighted by atomic mass is 9.73. The molecule has 8 nitrogen and oxygen atoms in total. The molecule has 0 aliphatic carbocycles. The Hall–Kier alpha value is -3.55. The minimum Gasteiger partial charge on any atom is -0.369 e. The summed E-state index contributed by atoms with van der Waals surface area (Å²) < 4.78 is 1.75. The number of hydrogen-bond acceptors (Lipinski definition) is 5.